The van der Waals surface area contributed by atoms with Gasteiger partial charge in [0.05, 0.1) is 11.9 Å². The minimum absolute atomic E-state index is 0.477. The molecule has 1 unspecified atom stereocenters. The molecule has 0 bridgehead atoms. The van der Waals surface area contributed by atoms with E-state index in [1.807, 2.05) is 6.07 Å². The molecule has 0 aromatic carbocycles. The first-order valence-electron chi connectivity index (χ1n) is 4.79. The molecule has 2 aromatic heterocycles. The van der Waals surface area contributed by atoms with Gasteiger partial charge < -0.3 is 5.11 Å². The van der Waals surface area contributed by atoms with Gasteiger partial charge in [0.15, 0.2) is 0 Å². The smallest absolute Gasteiger partial charge is 0.102 e. The van der Waals surface area contributed by atoms with Gasteiger partial charge in [-0.1, -0.05) is 0 Å². The van der Waals surface area contributed by atoms with Crippen LogP contribution in [0.1, 0.15) is 17.4 Å². The summed E-state index contributed by atoms with van der Waals surface area (Å²) in [6, 6.07) is 1.92. The van der Waals surface area contributed by atoms with Crippen LogP contribution in [0.2, 0.25) is 0 Å². The number of halogens is 1. The van der Waals surface area contributed by atoms with Crippen LogP contribution in [-0.4, -0.2) is 20.1 Å². The Morgan fingerprint density at radius 1 is 1.19 bits per heavy atom. The fraction of sp³-hybridized carbons (Fsp3) is 0.182. The molecule has 1 atom stereocenters. The van der Waals surface area contributed by atoms with Gasteiger partial charge in [0.2, 0.25) is 0 Å². The van der Waals surface area contributed by atoms with Crippen LogP contribution in [-0.2, 0) is 6.42 Å². The fourth-order valence-corrected chi connectivity index (χ4v) is 1.79. The molecular weight excluding hydrogens is 270 g/mol. The van der Waals surface area contributed by atoms with Crippen molar-refractivity contribution in [1.29, 1.82) is 0 Å². The Labute approximate surface area is 102 Å². The van der Waals surface area contributed by atoms with Gasteiger partial charge in [-0.05, 0) is 27.6 Å². The van der Waals surface area contributed by atoms with E-state index in [2.05, 4.69) is 30.9 Å². The lowest BCUT2D eigenvalue weighted by Crippen LogP contribution is -2.04. The van der Waals surface area contributed by atoms with Crippen molar-refractivity contribution in [2.75, 3.05) is 0 Å². The van der Waals surface area contributed by atoms with Gasteiger partial charge in [-0.15, -0.1) is 0 Å². The maximum Gasteiger partial charge on any atom is 0.102 e. The van der Waals surface area contributed by atoms with Gasteiger partial charge in [0, 0.05) is 35.7 Å². The number of hydrogen-bond acceptors (Lipinski definition) is 4. The molecule has 0 saturated heterocycles. The fourth-order valence-electron chi connectivity index (χ4n) is 1.38. The highest BCUT2D eigenvalue weighted by molar-refractivity contribution is 9.10. The Bertz CT molecular complexity index is 464. The van der Waals surface area contributed by atoms with Crippen molar-refractivity contribution in [1.82, 2.24) is 15.0 Å². The van der Waals surface area contributed by atoms with Crippen molar-refractivity contribution in [3.05, 3.63) is 52.8 Å². The summed E-state index contributed by atoms with van der Waals surface area (Å²) in [6.45, 7) is 0. The Morgan fingerprint density at radius 2 is 2.06 bits per heavy atom. The summed E-state index contributed by atoms with van der Waals surface area (Å²) in [6.07, 6.45) is 7.98. The van der Waals surface area contributed by atoms with Crippen LogP contribution in [0, 0.1) is 0 Å². The Balaban J connectivity index is 2.11. The Hall–Kier alpha value is -1.33. The largest absolute Gasteiger partial charge is 0.386 e. The van der Waals surface area contributed by atoms with E-state index in [9.17, 15) is 5.11 Å². The zero-order chi connectivity index (χ0) is 11.4. The molecule has 0 aliphatic heterocycles. The van der Waals surface area contributed by atoms with Gasteiger partial charge in [-0.3, -0.25) is 15.0 Å². The summed E-state index contributed by atoms with van der Waals surface area (Å²) in [5, 5.41) is 9.92. The van der Waals surface area contributed by atoms with Crippen LogP contribution in [0.4, 0.5) is 0 Å². The Morgan fingerprint density at radius 3 is 2.75 bits per heavy atom. The van der Waals surface area contributed by atoms with Crippen molar-refractivity contribution in [3.63, 3.8) is 0 Å². The number of rotatable bonds is 3. The maximum absolute atomic E-state index is 9.92. The van der Waals surface area contributed by atoms with Crippen LogP contribution >= 0.6 is 15.9 Å². The topological polar surface area (TPSA) is 58.9 Å². The molecule has 0 fully saturated rings. The summed E-state index contributed by atoms with van der Waals surface area (Å²) in [5.41, 5.74) is 1.52. The number of nitrogens with zero attached hydrogens (tertiary/aromatic N) is 3. The SMILES string of the molecule is OC(Cc1cncc(Br)c1)c1cnccn1. The summed E-state index contributed by atoms with van der Waals surface area (Å²) in [5.74, 6) is 0. The van der Waals surface area contributed by atoms with Crippen LogP contribution in [0.15, 0.2) is 41.5 Å². The highest BCUT2D eigenvalue weighted by Crippen LogP contribution is 2.17. The average molecular weight is 280 g/mol. The molecule has 1 N–H and O–H groups in total. The predicted molar refractivity (Wildman–Crippen MR) is 62.6 cm³/mol. The summed E-state index contributed by atoms with van der Waals surface area (Å²) < 4.78 is 0.899. The molecule has 0 aliphatic carbocycles. The third-order valence-electron chi connectivity index (χ3n) is 2.12. The molecule has 0 spiro atoms. The lowest BCUT2D eigenvalue weighted by molar-refractivity contribution is 0.173. The second-order valence-electron chi connectivity index (χ2n) is 3.36. The molecule has 0 saturated carbocycles. The van der Waals surface area contributed by atoms with Gasteiger partial charge in [-0.25, -0.2) is 0 Å². The molecule has 0 radical (unpaired) electrons. The van der Waals surface area contributed by atoms with Crippen molar-refractivity contribution < 1.29 is 5.11 Å². The zero-order valence-electron chi connectivity index (χ0n) is 8.42. The van der Waals surface area contributed by atoms with E-state index in [4.69, 9.17) is 0 Å². The van der Waals surface area contributed by atoms with Crippen LogP contribution < -0.4 is 0 Å². The zero-order valence-corrected chi connectivity index (χ0v) is 10.0. The van der Waals surface area contributed by atoms with Crippen molar-refractivity contribution in [3.8, 4) is 0 Å². The second kappa shape index (κ2) is 5.14. The third kappa shape index (κ3) is 2.84. The maximum atomic E-state index is 9.92. The van der Waals surface area contributed by atoms with Crippen molar-refractivity contribution >= 4 is 15.9 Å². The van der Waals surface area contributed by atoms with Gasteiger partial charge in [0.1, 0.15) is 6.10 Å². The molecule has 5 heteroatoms. The number of pyridine rings is 1. The van der Waals surface area contributed by atoms with E-state index in [0.717, 1.165) is 10.0 Å². The predicted octanol–water partition coefficient (Wildman–Crippen LogP) is 1.91. The lowest BCUT2D eigenvalue weighted by atomic mass is 10.1. The van der Waals surface area contributed by atoms with Crippen LogP contribution in [0.5, 0.6) is 0 Å². The molecule has 0 aliphatic rings. The quantitative estimate of drug-likeness (QED) is 0.933. The molecular formula is C11H10BrN3O. The van der Waals surface area contributed by atoms with Gasteiger partial charge >= 0.3 is 0 Å². The summed E-state index contributed by atoms with van der Waals surface area (Å²) in [4.78, 5) is 12.0. The molecule has 0 amide bonds. The van der Waals surface area contributed by atoms with E-state index in [1.165, 1.54) is 0 Å². The van der Waals surface area contributed by atoms with Crippen molar-refractivity contribution in [2.24, 2.45) is 0 Å². The highest BCUT2D eigenvalue weighted by Gasteiger charge is 2.10. The lowest BCUT2D eigenvalue weighted by Gasteiger charge is -2.09. The van der Waals surface area contributed by atoms with E-state index < -0.39 is 6.10 Å². The monoisotopic (exact) mass is 279 g/mol. The second-order valence-corrected chi connectivity index (χ2v) is 4.28. The first kappa shape index (κ1) is 11.2. The number of hydrogen-bond donors (Lipinski definition) is 1. The minimum atomic E-state index is -0.648. The van der Waals surface area contributed by atoms with E-state index in [1.54, 1.807) is 31.0 Å². The van der Waals surface area contributed by atoms with E-state index in [0.29, 0.717) is 12.1 Å². The standard InChI is InChI=1S/C11H10BrN3O/c12-9-3-8(5-14-6-9)4-11(16)10-7-13-1-2-15-10/h1-3,5-7,11,16H,4H2. The molecule has 16 heavy (non-hydrogen) atoms. The van der Waals surface area contributed by atoms with Crippen LogP contribution in [0.3, 0.4) is 0 Å². The number of aliphatic hydroxyl groups excluding tert-OH is 1. The molecule has 2 heterocycles. The van der Waals surface area contributed by atoms with E-state index in [-0.39, 0.29) is 0 Å². The van der Waals surface area contributed by atoms with E-state index >= 15 is 0 Å². The Kier molecular flexibility index (Phi) is 3.58. The molecule has 2 aromatic rings. The molecule has 4 nitrogen and oxygen atoms in total. The summed E-state index contributed by atoms with van der Waals surface area (Å²) >= 11 is 3.34. The molecule has 82 valence electrons. The van der Waals surface area contributed by atoms with Crippen molar-refractivity contribution in [2.45, 2.75) is 12.5 Å². The summed E-state index contributed by atoms with van der Waals surface area (Å²) in [7, 11) is 0. The number of aromatic nitrogens is 3. The molecule has 2 rings (SSSR count). The van der Waals surface area contributed by atoms with Gasteiger partial charge in [0.25, 0.3) is 0 Å². The minimum Gasteiger partial charge on any atom is -0.386 e. The first-order chi connectivity index (χ1) is 7.75. The normalized spacial score (nSPS) is 12.4. The highest BCUT2D eigenvalue weighted by atomic mass is 79.9. The first-order valence-corrected chi connectivity index (χ1v) is 5.58. The number of aliphatic hydroxyl groups is 1. The third-order valence-corrected chi connectivity index (χ3v) is 2.55. The van der Waals surface area contributed by atoms with Gasteiger partial charge in [-0.2, -0.15) is 0 Å². The van der Waals surface area contributed by atoms with Crippen LogP contribution in [0.25, 0.3) is 0 Å². The average Bonchev–Trinajstić information content (AvgIpc) is 2.30.